The predicted molar refractivity (Wildman–Crippen MR) is 46.8 cm³/mol. The highest BCUT2D eigenvalue weighted by Gasteiger charge is 1.99. The first kappa shape index (κ1) is 9.00. The Morgan fingerprint density at radius 2 is 2.50 bits per heavy atom. The molecule has 1 aromatic rings. The summed E-state index contributed by atoms with van der Waals surface area (Å²) in [6, 6.07) is 3.49. The maximum atomic E-state index is 10.5. The second kappa shape index (κ2) is 4.07. The summed E-state index contributed by atoms with van der Waals surface area (Å²) in [5, 5.41) is 3.19. The van der Waals surface area contributed by atoms with Crippen LogP contribution in [0.15, 0.2) is 18.3 Å². The summed E-state index contributed by atoms with van der Waals surface area (Å²) < 4.78 is 0. The molecule has 0 unspecified atom stereocenters. The van der Waals surface area contributed by atoms with Crippen LogP contribution in [0.4, 0.5) is 0 Å². The smallest absolute Gasteiger partial charge is 0.217 e. The lowest BCUT2D eigenvalue weighted by molar-refractivity contribution is -0.119. The van der Waals surface area contributed by atoms with Crippen LogP contribution in [-0.2, 0) is 11.3 Å². The Morgan fingerprint density at radius 3 is 3.08 bits per heavy atom. The van der Waals surface area contributed by atoms with E-state index < -0.39 is 0 Å². The van der Waals surface area contributed by atoms with E-state index in [0.717, 1.165) is 0 Å². The molecule has 0 saturated heterocycles. The maximum absolute atomic E-state index is 10.5. The van der Waals surface area contributed by atoms with Crippen molar-refractivity contribution < 1.29 is 4.79 Å². The summed E-state index contributed by atoms with van der Waals surface area (Å²) in [7, 11) is 0. The third-order valence-electron chi connectivity index (χ3n) is 1.34. The fraction of sp³-hybridized carbons (Fsp3) is 0.250. The number of carbonyl (C=O) groups is 1. The molecule has 0 fully saturated rings. The Hall–Kier alpha value is -1.09. The lowest BCUT2D eigenvalue weighted by atomic mass is 10.3. The monoisotopic (exact) mass is 184 g/mol. The molecule has 3 nitrogen and oxygen atoms in total. The molecule has 0 bridgehead atoms. The van der Waals surface area contributed by atoms with Crippen molar-refractivity contribution in [2.75, 3.05) is 0 Å². The molecular formula is C8H9ClN2O. The van der Waals surface area contributed by atoms with Gasteiger partial charge in [-0.3, -0.25) is 9.78 Å². The molecule has 0 aliphatic rings. The zero-order valence-corrected chi connectivity index (χ0v) is 7.43. The van der Waals surface area contributed by atoms with Crippen LogP contribution >= 0.6 is 11.6 Å². The molecule has 4 heteroatoms. The molecule has 0 spiro atoms. The molecule has 1 amide bonds. The van der Waals surface area contributed by atoms with Gasteiger partial charge in [0.2, 0.25) is 5.91 Å². The number of nitrogens with one attached hydrogen (secondary N) is 1. The summed E-state index contributed by atoms with van der Waals surface area (Å²) in [5.41, 5.74) is 0.689. The van der Waals surface area contributed by atoms with Crippen molar-refractivity contribution in [1.82, 2.24) is 10.3 Å². The highest BCUT2D eigenvalue weighted by atomic mass is 35.5. The molecule has 1 aromatic heterocycles. The Kier molecular flexibility index (Phi) is 3.05. The van der Waals surface area contributed by atoms with E-state index in [1.807, 2.05) is 0 Å². The van der Waals surface area contributed by atoms with Gasteiger partial charge in [0.15, 0.2) is 0 Å². The summed E-state index contributed by atoms with van der Waals surface area (Å²) in [5.74, 6) is -0.0864. The molecule has 0 saturated carbocycles. The van der Waals surface area contributed by atoms with Gasteiger partial charge in [-0.05, 0) is 12.1 Å². The zero-order valence-electron chi connectivity index (χ0n) is 6.67. The van der Waals surface area contributed by atoms with Crippen molar-refractivity contribution in [3.63, 3.8) is 0 Å². The Balaban J connectivity index is 2.63. The molecule has 64 valence electrons. The zero-order chi connectivity index (χ0) is 8.97. The summed E-state index contributed by atoms with van der Waals surface area (Å²) in [6.45, 7) is 1.84. The standard InChI is InChI=1S/C8H9ClN2O/c1-6(12)11-5-8-7(9)3-2-4-10-8/h2-4H,5H2,1H3,(H,11,12). The molecule has 1 rings (SSSR count). The molecule has 1 heterocycles. The Labute approximate surface area is 75.8 Å². The number of halogens is 1. The van der Waals surface area contributed by atoms with Crippen LogP contribution in [0.3, 0.4) is 0 Å². The van der Waals surface area contributed by atoms with Gasteiger partial charge < -0.3 is 5.32 Å². The van der Waals surface area contributed by atoms with Gasteiger partial charge in [0.05, 0.1) is 17.3 Å². The summed E-state index contributed by atoms with van der Waals surface area (Å²) in [6.07, 6.45) is 1.64. The van der Waals surface area contributed by atoms with Crippen molar-refractivity contribution in [3.8, 4) is 0 Å². The van der Waals surface area contributed by atoms with Gasteiger partial charge in [-0.2, -0.15) is 0 Å². The van der Waals surface area contributed by atoms with Crippen LogP contribution in [0, 0.1) is 0 Å². The lowest BCUT2D eigenvalue weighted by Crippen LogP contribution is -2.19. The van der Waals surface area contributed by atoms with E-state index >= 15 is 0 Å². The number of aromatic nitrogens is 1. The largest absolute Gasteiger partial charge is 0.351 e. The number of carbonyl (C=O) groups excluding carboxylic acids is 1. The number of pyridine rings is 1. The summed E-state index contributed by atoms with van der Waals surface area (Å²) >= 11 is 5.79. The van der Waals surface area contributed by atoms with Crippen LogP contribution in [-0.4, -0.2) is 10.9 Å². The van der Waals surface area contributed by atoms with Gasteiger partial charge in [-0.25, -0.2) is 0 Å². The van der Waals surface area contributed by atoms with Crippen molar-refractivity contribution in [1.29, 1.82) is 0 Å². The molecule has 0 aromatic carbocycles. The average molecular weight is 185 g/mol. The third-order valence-corrected chi connectivity index (χ3v) is 1.68. The highest BCUT2D eigenvalue weighted by molar-refractivity contribution is 6.31. The number of amides is 1. The number of nitrogens with zero attached hydrogens (tertiary/aromatic N) is 1. The topological polar surface area (TPSA) is 42.0 Å². The van der Waals surface area contributed by atoms with Crippen LogP contribution in [0.5, 0.6) is 0 Å². The first-order valence-corrected chi connectivity index (χ1v) is 3.92. The van der Waals surface area contributed by atoms with E-state index in [0.29, 0.717) is 17.3 Å². The Morgan fingerprint density at radius 1 is 1.75 bits per heavy atom. The fourth-order valence-corrected chi connectivity index (χ4v) is 0.945. The number of rotatable bonds is 2. The van der Waals surface area contributed by atoms with Crippen molar-refractivity contribution >= 4 is 17.5 Å². The lowest BCUT2D eigenvalue weighted by Gasteiger charge is -2.02. The van der Waals surface area contributed by atoms with E-state index in [1.165, 1.54) is 6.92 Å². The van der Waals surface area contributed by atoms with E-state index in [-0.39, 0.29) is 5.91 Å². The minimum absolute atomic E-state index is 0.0864. The molecule has 0 radical (unpaired) electrons. The molecule has 0 aliphatic heterocycles. The predicted octanol–water partition coefficient (Wildman–Crippen LogP) is 1.37. The highest BCUT2D eigenvalue weighted by Crippen LogP contribution is 2.10. The van der Waals surface area contributed by atoms with Gasteiger partial charge in [0, 0.05) is 13.1 Å². The second-order valence-electron chi connectivity index (χ2n) is 2.34. The first-order chi connectivity index (χ1) is 5.70. The minimum Gasteiger partial charge on any atom is -0.351 e. The summed E-state index contributed by atoms with van der Waals surface area (Å²) in [4.78, 5) is 14.5. The van der Waals surface area contributed by atoms with Crippen LogP contribution in [0.25, 0.3) is 0 Å². The average Bonchev–Trinajstić information content (AvgIpc) is 2.03. The van der Waals surface area contributed by atoms with Gasteiger partial charge >= 0.3 is 0 Å². The molecule has 12 heavy (non-hydrogen) atoms. The van der Waals surface area contributed by atoms with Gasteiger partial charge in [0.25, 0.3) is 0 Å². The fourth-order valence-electron chi connectivity index (χ4n) is 0.757. The van der Waals surface area contributed by atoms with Crippen LogP contribution in [0.1, 0.15) is 12.6 Å². The van der Waals surface area contributed by atoms with Crippen LogP contribution < -0.4 is 5.32 Å². The Bertz CT molecular complexity index is 288. The SMILES string of the molecule is CC(=O)NCc1ncccc1Cl. The molecular weight excluding hydrogens is 176 g/mol. The van der Waals surface area contributed by atoms with Gasteiger partial charge in [0.1, 0.15) is 0 Å². The third kappa shape index (κ3) is 2.51. The van der Waals surface area contributed by atoms with E-state index in [1.54, 1.807) is 18.3 Å². The molecule has 0 aliphatic carbocycles. The van der Waals surface area contributed by atoms with Gasteiger partial charge in [-0.1, -0.05) is 11.6 Å². The molecule has 1 N–H and O–H groups in total. The quantitative estimate of drug-likeness (QED) is 0.755. The number of hydrogen-bond donors (Lipinski definition) is 1. The van der Waals surface area contributed by atoms with Gasteiger partial charge in [-0.15, -0.1) is 0 Å². The van der Waals surface area contributed by atoms with E-state index in [2.05, 4.69) is 10.3 Å². The maximum Gasteiger partial charge on any atom is 0.217 e. The second-order valence-corrected chi connectivity index (χ2v) is 2.75. The van der Waals surface area contributed by atoms with Crippen molar-refractivity contribution in [3.05, 3.63) is 29.0 Å². The van der Waals surface area contributed by atoms with E-state index in [9.17, 15) is 4.79 Å². The first-order valence-electron chi connectivity index (χ1n) is 3.54. The molecule has 0 atom stereocenters. The normalized spacial score (nSPS) is 9.50. The number of hydrogen-bond acceptors (Lipinski definition) is 2. The van der Waals surface area contributed by atoms with E-state index in [4.69, 9.17) is 11.6 Å². The minimum atomic E-state index is -0.0864. The van der Waals surface area contributed by atoms with Crippen molar-refractivity contribution in [2.45, 2.75) is 13.5 Å². The van der Waals surface area contributed by atoms with Crippen molar-refractivity contribution in [2.24, 2.45) is 0 Å². The van der Waals surface area contributed by atoms with Crippen LogP contribution in [0.2, 0.25) is 5.02 Å².